The van der Waals surface area contributed by atoms with Crippen molar-refractivity contribution >= 4 is 12.0 Å². The van der Waals surface area contributed by atoms with Crippen molar-refractivity contribution in [1.29, 1.82) is 0 Å². The van der Waals surface area contributed by atoms with Crippen LogP contribution in [0.25, 0.3) is 6.08 Å². The number of ether oxygens (including phenoxy) is 1. The van der Waals surface area contributed by atoms with E-state index in [9.17, 15) is 4.79 Å². The molecule has 0 saturated heterocycles. The Labute approximate surface area is 156 Å². The van der Waals surface area contributed by atoms with E-state index in [1.807, 2.05) is 43.3 Å². The van der Waals surface area contributed by atoms with Crippen LogP contribution in [0.1, 0.15) is 24.5 Å². The van der Waals surface area contributed by atoms with E-state index in [2.05, 4.69) is 41.5 Å². The van der Waals surface area contributed by atoms with Gasteiger partial charge in [-0.05, 0) is 56.3 Å². The molecule has 0 fully saturated rings. The van der Waals surface area contributed by atoms with Crippen LogP contribution in [0.4, 0.5) is 0 Å². The molecule has 0 aromatic heterocycles. The molecule has 0 heterocycles. The largest absolute Gasteiger partial charge is 0.494 e. The SMILES string of the molecule is CCOc1ccc(/C=C/C(=O)NCCCN(C)Cc2ccccc2)cc1. The molecule has 0 unspecified atom stereocenters. The van der Waals surface area contributed by atoms with Crippen LogP contribution < -0.4 is 10.1 Å². The number of hydrogen-bond acceptors (Lipinski definition) is 3. The zero-order valence-electron chi connectivity index (χ0n) is 15.7. The molecule has 1 N–H and O–H groups in total. The monoisotopic (exact) mass is 352 g/mol. The molecule has 0 spiro atoms. The molecule has 2 aromatic carbocycles. The van der Waals surface area contributed by atoms with Crippen molar-refractivity contribution in [3.63, 3.8) is 0 Å². The molecule has 138 valence electrons. The number of nitrogens with zero attached hydrogens (tertiary/aromatic N) is 1. The smallest absolute Gasteiger partial charge is 0.243 e. The molecule has 4 heteroatoms. The molecule has 26 heavy (non-hydrogen) atoms. The third-order valence-electron chi connectivity index (χ3n) is 3.93. The number of hydrogen-bond donors (Lipinski definition) is 1. The molecule has 0 atom stereocenters. The standard InChI is InChI=1S/C22H28N2O2/c1-3-26-21-13-10-19(11-14-21)12-15-22(25)23-16-7-17-24(2)18-20-8-5-4-6-9-20/h4-6,8-15H,3,7,16-18H2,1-2H3,(H,23,25)/b15-12+. The number of carbonyl (C=O) groups is 1. The normalized spacial score (nSPS) is 11.0. The van der Waals surface area contributed by atoms with Gasteiger partial charge in [0.15, 0.2) is 0 Å². The Balaban J connectivity index is 1.63. The van der Waals surface area contributed by atoms with E-state index in [4.69, 9.17) is 4.74 Å². The summed E-state index contributed by atoms with van der Waals surface area (Å²) in [5.74, 6) is 0.776. The van der Waals surface area contributed by atoms with Gasteiger partial charge >= 0.3 is 0 Å². The molecular weight excluding hydrogens is 324 g/mol. The van der Waals surface area contributed by atoms with E-state index in [-0.39, 0.29) is 5.91 Å². The van der Waals surface area contributed by atoms with Gasteiger partial charge in [0.2, 0.25) is 5.91 Å². The topological polar surface area (TPSA) is 41.6 Å². The van der Waals surface area contributed by atoms with E-state index in [1.165, 1.54) is 5.56 Å². The molecule has 2 rings (SSSR count). The third kappa shape index (κ3) is 7.53. The van der Waals surface area contributed by atoms with E-state index in [0.29, 0.717) is 13.2 Å². The van der Waals surface area contributed by atoms with Gasteiger partial charge in [0, 0.05) is 19.2 Å². The lowest BCUT2D eigenvalue weighted by Crippen LogP contribution is -2.26. The van der Waals surface area contributed by atoms with E-state index >= 15 is 0 Å². The van der Waals surface area contributed by atoms with Crippen LogP contribution in [0.3, 0.4) is 0 Å². The third-order valence-corrected chi connectivity index (χ3v) is 3.93. The van der Waals surface area contributed by atoms with Crippen LogP contribution >= 0.6 is 0 Å². The predicted octanol–water partition coefficient (Wildman–Crippen LogP) is 3.74. The quantitative estimate of drug-likeness (QED) is 0.523. The summed E-state index contributed by atoms with van der Waals surface area (Å²) in [5.41, 5.74) is 2.28. The maximum Gasteiger partial charge on any atom is 0.243 e. The summed E-state index contributed by atoms with van der Waals surface area (Å²) in [6.07, 6.45) is 4.31. The second kappa shape index (κ2) is 11.1. The number of benzene rings is 2. The number of amides is 1. The summed E-state index contributed by atoms with van der Waals surface area (Å²) in [5, 5.41) is 2.93. The van der Waals surface area contributed by atoms with Gasteiger partial charge in [-0.15, -0.1) is 0 Å². The molecule has 0 aliphatic carbocycles. The zero-order chi connectivity index (χ0) is 18.6. The Hall–Kier alpha value is -2.59. The first-order valence-electron chi connectivity index (χ1n) is 9.08. The van der Waals surface area contributed by atoms with Crippen molar-refractivity contribution in [3.8, 4) is 5.75 Å². The minimum absolute atomic E-state index is 0.0652. The summed E-state index contributed by atoms with van der Waals surface area (Å²) in [4.78, 5) is 14.1. The lowest BCUT2D eigenvalue weighted by molar-refractivity contribution is -0.116. The molecule has 0 aliphatic heterocycles. The highest BCUT2D eigenvalue weighted by Crippen LogP contribution is 2.12. The van der Waals surface area contributed by atoms with Crippen LogP contribution in [0.5, 0.6) is 5.75 Å². The van der Waals surface area contributed by atoms with Crippen molar-refractivity contribution in [2.75, 3.05) is 26.7 Å². The number of carbonyl (C=O) groups excluding carboxylic acids is 1. The Morgan fingerprint density at radius 2 is 1.85 bits per heavy atom. The minimum Gasteiger partial charge on any atom is -0.494 e. The Kier molecular flexibility index (Phi) is 8.43. The molecule has 1 amide bonds. The highest BCUT2D eigenvalue weighted by molar-refractivity contribution is 5.91. The average molecular weight is 352 g/mol. The van der Waals surface area contributed by atoms with Crippen molar-refractivity contribution in [3.05, 3.63) is 71.8 Å². The first-order valence-corrected chi connectivity index (χ1v) is 9.08. The first kappa shape index (κ1) is 19.7. The van der Waals surface area contributed by atoms with Crippen molar-refractivity contribution in [2.45, 2.75) is 19.9 Å². The van der Waals surface area contributed by atoms with Crippen LogP contribution in [0.15, 0.2) is 60.7 Å². The van der Waals surface area contributed by atoms with E-state index < -0.39 is 0 Å². The van der Waals surface area contributed by atoms with Gasteiger partial charge in [0.25, 0.3) is 0 Å². The van der Waals surface area contributed by atoms with Gasteiger partial charge in [0.1, 0.15) is 5.75 Å². The van der Waals surface area contributed by atoms with Gasteiger partial charge in [0.05, 0.1) is 6.61 Å². The van der Waals surface area contributed by atoms with Crippen LogP contribution in [0.2, 0.25) is 0 Å². The molecule has 0 bridgehead atoms. The van der Waals surface area contributed by atoms with Crippen LogP contribution in [-0.2, 0) is 11.3 Å². The van der Waals surface area contributed by atoms with Crippen LogP contribution in [0, 0.1) is 0 Å². The highest BCUT2D eigenvalue weighted by Gasteiger charge is 2.01. The molecule has 0 aliphatic rings. The lowest BCUT2D eigenvalue weighted by Gasteiger charge is -2.16. The second-order valence-corrected chi connectivity index (χ2v) is 6.20. The van der Waals surface area contributed by atoms with Gasteiger partial charge in [-0.25, -0.2) is 0 Å². The first-order chi connectivity index (χ1) is 12.7. The predicted molar refractivity (Wildman–Crippen MR) is 107 cm³/mol. The fourth-order valence-electron chi connectivity index (χ4n) is 2.61. The molecular formula is C22H28N2O2. The van der Waals surface area contributed by atoms with Gasteiger partial charge in [-0.3, -0.25) is 4.79 Å². The number of nitrogens with one attached hydrogen (secondary N) is 1. The van der Waals surface area contributed by atoms with Gasteiger partial charge in [-0.2, -0.15) is 0 Å². The number of rotatable bonds is 10. The zero-order valence-corrected chi connectivity index (χ0v) is 15.7. The van der Waals surface area contributed by atoms with Crippen molar-refractivity contribution in [2.24, 2.45) is 0 Å². The summed E-state index contributed by atoms with van der Waals surface area (Å²) in [6.45, 7) is 5.14. The lowest BCUT2D eigenvalue weighted by atomic mass is 10.2. The molecule has 2 aromatic rings. The summed E-state index contributed by atoms with van der Waals surface area (Å²) in [7, 11) is 2.10. The molecule has 4 nitrogen and oxygen atoms in total. The Morgan fingerprint density at radius 1 is 1.12 bits per heavy atom. The fraction of sp³-hybridized carbons (Fsp3) is 0.318. The Bertz CT molecular complexity index is 681. The maximum absolute atomic E-state index is 11.9. The average Bonchev–Trinajstić information content (AvgIpc) is 2.66. The fourth-order valence-corrected chi connectivity index (χ4v) is 2.61. The Morgan fingerprint density at radius 3 is 2.54 bits per heavy atom. The minimum atomic E-state index is -0.0652. The van der Waals surface area contributed by atoms with Gasteiger partial charge in [-0.1, -0.05) is 42.5 Å². The summed E-state index contributed by atoms with van der Waals surface area (Å²) < 4.78 is 5.40. The maximum atomic E-state index is 11.9. The van der Waals surface area contributed by atoms with Crippen molar-refractivity contribution in [1.82, 2.24) is 10.2 Å². The summed E-state index contributed by atoms with van der Waals surface area (Å²) in [6, 6.07) is 18.1. The highest BCUT2D eigenvalue weighted by atomic mass is 16.5. The molecule has 0 saturated carbocycles. The summed E-state index contributed by atoms with van der Waals surface area (Å²) >= 11 is 0. The van der Waals surface area contributed by atoms with Gasteiger partial charge < -0.3 is 15.0 Å². The molecule has 0 radical (unpaired) electrons. The second-order valence-electron chi connectivity index (χ2n) is 6.20. The van der Waals surface area contributed by atoms with Crippen molar-refractivity contribution < 1.29 is 9.53 Å². The van der Waals surface area contributed by atoms with E-state index in [1.54, 1.807) is 6.08 Å². The van der Waals surface area contributed by atoms with E-state index in [0.717, 1.165) is 30.8 Å². The van der Waals surface area contributed by atoms with Crippen LogP contribution in [-0.4, -0.2) is 37.6 Å².